The zero-order valence-corrected chi connectivity index (χ0v) is 7.05. The van der Waals surface area contributed by atoms with Crippen LogP contribution < -0.4 is 5.32 Å². The van der Waals surface area contributed by atoms with Crippen LogP contribution in [0.3, 0.4) is 0 Å². The molecule has 1 fully saturated rings. The fourth-order valence-electron chi connectivity index (χ4n) is 0.696. The van der Waals surface area contributed by atoms with Crippen molar-refractivity contribution in [1.82, 2.24) is 5.32 Å². The molecule has 1 unspecified atom stereocenters. The lowest BCUT2D eigenvalue weighted by molar-refractivity contribution is 0.0878. The van der Waals surface area contributed by atoms with Crippen molar-refractivity contribution in [2.45, 2.75) is 12.5 Å². The van der Waals surface area contributed by atoms with Crippen LogP contribution in [-0.4, -0.2) is 23.2 Å². The summed E-state index contributed by atoms with van der Waals surface area (Å²) in [5, 5.41) is 2.58. The van der Waals surface area contributed by atoms with Gasteiger partial charge in [-0.2, -0.15) is 0 Å². The molecule has 1 atom stereocenters. The maximum Gasteiger partial charge on any atom is 0.407 e. The molecular formula is C5H8INO2. The number of carbonyl (C=O) groups is 1. The monoisotopic (exact) mass is 241 g/mol. The molecule has 0 aromatic carbocycles. The van der Waals surface area contributed by atoms with E-state index in [1.165, 1.54) is 0 Å². The smallest absolute Gasteiger partial charge is 0.407 e. The summed E-state index contributed by atoms with van der Waals surface area (Å²) in [4.78, 5) is 10.5. The minimum Gasteiger partial charge on any atom is -0.445 e. The number of alkyl carbamates (subject to hydrolysis) is 1. The topological polar surface area (TPSA) is 38.3 Å². The molecule has 0 saturated carbocycles. The van der Waals surface area contributed by atoms with E-state index >= 15 is 0 Å². The van der Waals surface area contributed by atoms with Crippen LogP contribution in [0.1, 0.15) is 6.42 Å². The van der Waals surface area contributed by atoms with E-state index in [9.17, 15) is 4.79 Å². The van der Waals surface area contributed by atoms with Gasteiger partial charge in [0.05, 0.1) is 0 Å². The Bertz CT molecular complexity index is 118. The molecule has 1 aliphatic heterocycles. The Hall–Kier alpha value is -0.0000000000000000555. The van der Waals surface area contributed by atoms with Gasteiger partial charge in [-0.25, -0.2) is 4.79 Å². The highest BCUT2D eigenvalue weighted by Crippen LogP contribution is 2.06. The largest absolute Gasteiger partial charge is 0.445 e. The Morgan fingerprint density at radius 3 is 3.11 bits per heavy atom. The fourth-order valence-corrected chi connectivity index (χ4v) is 1.32. The van der Waals surface area contributed by atoms with Crippen LogP contribution in [0.2, 0.25) is 0 Å². The summed E-state index contributed by atoms with van der Waals surface area (Å²) in [7, 11) is 0. The van der Waals surface area contributed by atoms with E-state index in [2.05, 4.69) is 27.9 Å². The molecule has 52 valence electrons. The summed E-state index contributed by atoms with van der Waals surface area (Å²) in [6, 6.07) is 0. The second-order valence-electron chi connectivity index (χ2n) is 1.90. The van der Waals surface area contributed by atoms with E-state index in [0.29, 0.717) is 0 Å². The SMILES string of the molecule is O=C1NCCC(CI)O1. The fraction of sp³-hybridized carbons (Fsp3) is 0.800. The van der Waals surface area contributed by atoms with Crippen molar-refractivity contribution >= 4 is 28.7 Å². The molecular weight excluding hydrogens is 233 g/mol. The number of amides is 1. The summed E-state index contributed by atoms with van der Waals surface area (Å²) in [6.45, 7) is 0.756. The summed E-state index contributed by atoms with van der Waals surface area (Å²) < 4.78 is 5.77. The van der Waals surface area contributed by atoms with Gasteiger partial charge in [0, 0.05) is 17.4 Å². The maximum atomic E-state index is 10.5. The van der Waals surface area contributed by atoms with Crippen LogP contribution >= 0.6 is 22.6 Å². The van der Waals surface area contributed by atoms with Crippen LogP contribution in [0.4, 0.5) is 4.79 Å². The van der Waals surface area contributed by atoms with E-state index in [1.54, 1.807) is 0 Å². The third kappa shape index (κ3) is 2.00. The molecule has 1 heterocycles. The Balaban J connectivity index is 2.32. The van der Waals surface area contributed by atoms with E-state index in [0.717, 1.165) is 17.4 Å². The van der Waals surface area contributed by atoms with Gasteiger partial charge >= 0.3 is 6.09 Å². The first kappa shape index (κ1) is 7.11. The number of hydrogen-bond donors (Lipinski definition) is 1. The zero-order chi connectivity index (χ0) is 6.69. The molecule has 0 aromatic heterocycles. The first-order valence-corrected chi connectivity index (χ1v) is 4.36. The molecule has 1 rings (SSSR count). The number of ether oxygens (including phenoxy) is 1. The van der Waals surface area contributed by atoms with Gasteiger partial charge in [-0.3, -0.25) is 0 Å². The summed E-state index contributed by atoms with van der Waals surface area (Å²) in [6.07, 6.45) is 0.802. The molecule has 1 saturated heterocycles. The van der Waals surface area contributed by atoms with E-state index in [1.807, 2.05) is 0 Å². The van der Waals surface area contributed by atoms with Crippen LogP contribution in [0.5, 0.6) is 0 Å². The Labute approximate surface area is 67.3 Å². The molecule has 4 heteroatoms. The molecule has 1 N–H and O–H groups in total. The minimum atomic E-state index is -0.275. The Morgan fingerprint density at radius 1 is 1.89 bits per heavy atom. The van der Waals surface area contributed by atoms with Crippen LogP contribution in [0.25, 0.3) is 0 Å². The van der Waals surface area contributed by atoms with Crippen LogP contribution in [0.15, 0.2) is 0 Å². The van der Waals surface area contributed by atoms with Crippen molar-refractivity contribution in [1.29, 1.82) is 0 Å². The van der Waals surface area contributed by atoms with Crippen LogP contribution in [-0.2, 0) is 4.74 Å². The first-order chi connectivity index (χ1) is 4.33. The van der Waals surface area contributed by atoms with Crippen molar-refractivity contribution < 1.29 is 9.53 Å². The normalized spacial score (nSPS) is 26.8. The van der Waals surface area contributed by atoms with Crippen molar-refractivity contribution in [2.75, 3.05) is 11.0 Å². The second kappa shape index (κ2) is 3.24. The maximum absolute atomic E-state index is 10.5. The number of nitrogens with one attached hydrogen (secondary N) is 1. The van der Waals surface area contributed by atoms with E-state index in [-0.39, 0.29) is 12.2 Å². The number of cyclic esters (lactones) is 1. The molecule has 3 nitrogen and oxygen atoms in total. The zero-order valence-electron chi connectivity index (χ0n) is 4.89. The third-order valence-corrected chi connectivity index (χ3v) is 2.16. The Morgan fingerprint density at radius 2 is 2.67 bits per heavy atom. The van der Waals surface area contributed by atoms with E-state index < -0.39 is 0 Å². The lowest BCUT2D eigenvalue weighted by Gasteiger charge is -2.20. The van der Waals surface area contributed by atoms with Gasteiger partial charge < -0.3 is 10.1 Å². The minimum absolute atomic E-state index is 0.138. The predicted octanol–water partition coefficient (Wildman–Crippen LogP) is 0.920. The van der Waals surface area contributed by atoms with Gasteiger partial charge in [-0.1, -0.05) is 22.6 Å². The van der Waals surface area contributed by atoms with Gasteiger partial charge in [-0.05, 0) is 0 Å². The predicted molar refractivity (Wildman–Crippen MR) is 41.8 cm³/mol. The standard InChI is InChI=1S/C5H8INO2/c6-3-4-1-2-7-5(8)9-4/h4H,1-3H2,(H,7,8). The number of carbonyl (C=O) groups excluding carboxylic acids is 1. The average molecular weight is 241 g/mol. The number of hydrogen-bond acceptors (Lipinski definition) is 2. The lowest BCUT2D eigenvalue weighted by atomic mass is 10.3. The van der Waals surface area contributed by atoms with Crippen molar-refractivity contribution in [3.05, 3.63) is 0 Å². The second-order valence-corrected chi connectivity index (χ2v) is 2.78. The van der Waals surface area contributed by atoms with Gasteiger partial charge in [0.1, 0.15) is 6.10 Å². The molecule has 9 heavy (non-hydrogen) atoms. The summed E-state index contributed by atoms with van der Waals surface area (Å²) in [5.74, 6) is 0. The molecule has 0 bridgehead atoms. The van der Waals surface area contributed by atoms with Gasteiger partial charge in [0.15, 0.2) is 0 Å². The quantitative estimate of drug-likeness (QED) is 0.547. The molecule has 1 aliphatic rings. The van der Waals surface area contributed by atoms with Gasteiger partial charge in [-0.15, -0.1) is 0 Å². The molecule has 1 amide bonds. The van der Waals surface area contributed by atoms with Crippen molar-refractivity contribution in [3.63, 3.8) is 0 Å². The van der Waals surface area contributed by atoms with Crippen molar-refractivity contribution in [2.24, 2.45) is 0 Å². The highest BCUT2D eigenvalue weighted by molar-refractivity contribution is 14.1. The van der Waals surface area contributed by atoms with Crippen molar-refractivity contribution in [3.8, 4) is 0 Å². The number of rotatable bonds is 1. The first-order valence-electron chi connectivity index (χ1n) is 2.83. The lowest BCUT2D eigenvalue weighted by Crippen LogP contribution is -2.38. The molecule has 0 aliphatic carbocycles. The summed E-state index contributed by atoms with van der Waals surface area (Å²) in [5.41, 5.74) is 0. The van der Waals surface area contributed by atoms with E-state index in [4.69, 9.17) is 4.74 Å². The average Bonchev–Trinajstić information content (AvgIpc) is 1.88. The highest BCUT2D eigenvalue weighted by Gasteiger charge is 2.17. The molecule has 0 aromatic rings. The number of halogens is 1. The van der Waals surface area contributed by atoms with Gasteiger partial charge in [0.2, 0.25) is 0 Å². The highest BCUT2D eigenvalue weighted by atomic mass is 127. The Kier molecular flexibility index (Phi) is 2.56. The molecule has 0 spiro atoms. The van der Waals surface area contributed by atoms with Crippen LogP contribution in [0, 0.1) is 0 Å². The molecule has 0 radical (unpaired) electrons. The van der Waals surface area contributed by atoms with Gasteiger partial charge in [0.25, 0.3) is 0 Å². The third-order valence-electron chi connectivity index (χ3n) is 1.18. The number of alkyl halides is 1. The summed E-state index contributed by atoms with van der Waals surface area (Å²) >= 11 is 2.21.